The van der Waals surface area contributed by atoms with Gasteiger partial charge < -0.3 is 5.32 Å². The van der Waals surface area contributed by atoms with E-state index in [1.54, 1.807) is 10.9 Å². The lowest BCUT2D eigenvalue weighted by atomic mass is 10.2. The number of benzene rings is 1. The topological polar surface area (TPSA) is 59.0 Å². The quantitative estimate of drug-likeness (QED) is 0.599. The van der Waals surface area contributed by atoms with Crippen molar-refractivity contribution in [2.45, 2.75) is 6.54 Å². The Morgan fingerprint density at radius 1 is 1.35 bits per heavy atom. The Hall–Kier alpha value is -2.58. The Morgan fingerprint density at radius 3 is 2.95 bits per heavy atom. The lowest BCUT2D eigenvalue weighted by Crippen LogP contribution is -2.33. The van der Waals surface area contributed by atoms with Crippen LogP contribution in [0.3, 0.4) is 0 Å². The van der Waals surface area contributed by atoms with E-state index in [-0.39, 0.29) is 12.5 Å². The summed E-state index contributed by atoms with van der Waals surface area (Å²) in [5, 5.41) is 9.90. The van der Waals surface area contributed by atoms with Crippen LogP contribution in [0.15, 0.2) is 42.7 Å². The predicted octanol–water partition coefficient (Wildman–Crippen LogP) is 0.711. The number of nitrogens with one attached hydrogen (secondary N) is 2. The van der Waals surface area contributed by atoms with Gasteiger partial charge in [-0.25, -0.2) is 4.68 Å². The molecule has 0 spiro atoms. The van der Waals surface area contributed by atoms with Crippen LogP contribution in [-0.2, 0) is 11.3 Å². The van der Waals surface area contributed by atoms with Gasteiger partial charge >= 0.3 is 0 Å². The Balaban J connectivity index is 1.97. The van der Waals surface area contributed by atoms with Crippen molar-refractivity contribution in [3.05, 3.63) is 48.3 Å². The highest BCUT2D eigenvalue weighted by atomic mass is 16.1. The maximum atomic E-state index is 11.6. The summed E-state index contributed by atoms with van der Waals surface area (Å²) >= 11 is 0. The Bertz CT molecular complexity index is 599. The fourth-order valence-corrected chi connectivity index (χ4v) is 1.80. The standard InChI is InChI=1S/C15H16N4O/c1-2-8-16-12-15(20)17-11-13-6-3-4-7-14(13)19-10-5-9-18-19/h1,3-7,9-10,16H,8,11-12H2,(H,17,20). The van der Waals surface area contributed by atoms with Crippen LogP contribution in [0.1, 0.15) is 5.56 Å². The minimum Gasteiger partial charge on any atom is -0.351 e. The van der Waals surface area contributed by atoms with Gasteiger partial charge in [-0.3, -0.25) is 10.1 Å². The van der Waals surface area contributed by atoms with E-state index in [0.29, 0.717) is 13.1 Å². The minimum absolute atomic E-state index is 0.0875. The molecule has 1 amide bonds. The van der Waals surface area contributed by atoms with Crippen molar-refractivity contribution in [1.29, 1.82) is 0 Å². The van der Waals surface area contributed by atoms with E-state index in [1.165, 1.54) is 0 Å². The van der Waals surface area contributed by atoms with Gasteiger partial charge in [0.05, 0.1) is 18.8 Å². The number of amides is 1. The van der Waals surface area contributed by atoms with E-state index in [0.717, 1.165) is 11.3 Å². The number of nitrogens with zero attached hydrogens (tertiary/aromatic N) is 2. The van der Waals surface area contributed by atoms with Crippen LogP contribution < -0.4 is 10.6 Å². The normalized spacial score (nSPS) is 9.95. The van der Waals surface area contributed by atoms with Gasteiger partial charge in [0, 0.05) is 18.9 Å². The minimum atomic E-state index is -0.0875. The molecule has 2 rings (SSSR count). The highest BCUT2D eigenvalue weighted by molar-refractivity contribution is 5.78. The third-order valence-electron chi connectivity index (χ3n) is 2.73. The molecule has 0 saturated carbocycles. The van der Waals surface area contributed by atoms with Crippen molar-refractivity contribution in [3.8, 4) is 18.0 Å². The summed E-state index contributed by atoms with van der Waals surface area (Å²) in [6.07, 6.45) is 8.69. The molecule has 0 radical (unpaired) electrons. The molecule has 1 heterocycles. The zero-order valence-electron chi connectivity index (χ0n) is 11.0. The molecule has 1 aromatic heterocycles. The molecule has 0 bridgehead atoms. The first kappa shape index (κ1) is 13.8. The number of carbonyl (C=O) groups is 1. The SMILES string of the molecule is C#CCNCC(=O)NCc1ccccc1-n1cccn1. The zero-order valence-corrected chi connectivity index (χ0v) is 11.0. The first-order chi connectivity index (χ1) is 9.81. The number of carbonyl (C=O) groups excluding carboxylic acids is 1. The molecule has 102 valence electrons. The third kappa shape index (κ3) is 3.70. The van der Waals surface area contributed by atoms with Crippen molar-refractivity contribution in [3.63, 3.8) is 0 Å². The van der Waals surface area contributed by atoms with Crippen molar-refractivity contribution < 1.29 is 4.79 Å². The van der Waals surface area contributed by atoms with E-state index in [2.05, 4.69) is 21.7 Å². The van der Waals surface area contributed by atoms with E-state index in [1.807, 2.05) is 36.5 Å². The molecular weight excluding hydrogens is 252 g/mol. The van der Waals surface area contributed by atoms with Crippen LogP contribution >= 0.6 is 0 Å². The van der Waals surface area contributed by atoms with Crippen LogP contribution in [-0.4, -0.2) is 28.8 Å². The number of hydrogen-bond acceptors (Lipinski definition) is 3. The van der Waals surface area contributed by atoms with E-state index >= 15 is 0 Å². The molecule has 5 heteroatoms. The van der Waals surface area contributed by atoms with Crippen LogP contribution in [0.4, 0.5) is 0 Å². The fourth-order valence-electron chi connectivity index (χ4n) is 1.80. The van der Waals surface area contributed by atoms with Crippen molar-refractivity contribution in [2.24, 2.45) is 0 Å². The summed E-state index contributed by atoms with van der Waals surface area (Å²) in [6, 6.07) is 9.66. The zero-order chi connectivity index (χ0) is 14.2. The number of hydrogen-bond donors (Lipinski definition) is 2. The summed E-state index contributed by atoms with van der Waals surface area (Å²) in [7, 11) is 0. The van der Waals surface area contributed by atoms with Gasteiger partial charge in [-0.1, -0.05) is 24.1 Å². The van der Waals surface area contributed by atoms with Crippen LogP contribution in [0.25, 0.3) is 5.69 Å². The highest BCUT2D eigenvalue weighted by Gasteiger charge is 2.06. The first-order valence-corrected chi connectivity index (χ1v) is 6.30. The van der Waals surface area contributed by atoms with E-state index in [9.17, 15) is 4.79 Å². The molecule has 2 N–H and O–H groups in total. The molecule has 5 nitrogen and oxygen atoms in total. The lowest BCUT2D eigenvalue weighted by Gasteiger charge is -2.10. The Kier molecular flexibility index (Phi) is 4.93. The second kappa shape index (κ2) is 7.12. The molecule has 0 fully saturated rings. The second-order valence-corrected chi connectivity index (χ2v) is 4.16. The molecule has 0 atom stereocenters. The average Bonchev–Trinajstić information content (AvgIpc) is 3.00. The summed E-state index contributed by atoms with van der Waals surface area (Å²) in [4.78, 5) is 11.6. The second-order valence-electron chi connectivity index (χ2n) is 4.16. The van der Waals surface area contributed by atoms with Crippen molar-refractivity contribution in [2.75, 3.05) is 13.1 Å². The van der Waals surface area contributed by atoms with Gasteiger partial charge in [0.1, 0.15) is 0 Å². The van der Waals surface area contributed by atoms with Gasteiger partial charge in [0.15, 0.2) is 0 Å². The Labute approximate surface area is 118 Å². The molecular formula is C15H16N4O. The number of para-hydroxylation sites is 1. The summed E-state index contributed by atoms with van der Waals surface area (Å²) in [6.45, 7) is 1.05. The predicted molar refractivity (Wildman–Crippen MR) is 77.1 cm³/mol. The maximum absolute atomic E-state index is 11.6. The van der Waals surface area contributed by atoms with Gasteiger partial charge in [-0.05, 0) is 17.7 Å². The summed E-state index contributed by atoms with van der Waals surface area (Å²) in [5.41, 5.74) is 1.95. The van der Waals surface area contributed by atoms with Gasteiger partial charge in [-0.2, -0.15) is 5.10 Å². The van der Waals surface area contributed by atoms with E-state index in [4.69, 9.17) is 6.42 Å². The molecule has 0 aliphatic carbocycles. The largest absolute Gasteiger partial charge is 0.351 e. The first-order valence-electron chi connectivity index (χ1n) is 6.30. The van der Waals surface area contributed by atoms with Crippen LogP contribution in [0.5, 0.6) is 0 Å². The molecule has 0 aliphatic heterocycles. The maximum Gasteiger partial charge on any atom is 0.234 e. The smallest absolute Gasteiger partial charge is 0.234 e. The molecule has 0 unspecified atom stereocenters. The summed E-state index contributed by atoms with van der Waals surface area (Å²) in [5.74, 6) is 2.33. The molecule has 0 saturated heterocycles. The fraction of sp³-hybridized carbons (Fsp3) is 0.200. The van der Waals surface area contributed by atoms with Crippen molar-refractivity contribution >= 4 is 5.91 Å². The number of terminal acetylenes is 1. The van der Waals surface area contributed by atoms with Crippen LogP contribution in [0, 0.1) is 12.3 Å². The van der Waals surface area contributed by atoms with Gasteiger partial charge in [0.2, 0.25) is 5.91 Å². The average molecular weight is 268 g/mol. The number of aromatic nitrogens is 2. The summed E-state index contributed by atoms with van der Waals surface area (Å²) < 4.78 is 1.78. The highest BCUT2D eigenvalue weighted by Crippen LogP contribution is 2.12. The van der Waals surface area contributed by atoms with Crippen molar-refractivity contribution in [1.82, 2.24) is 20.4 Å². The molecule has 1 aromatic carbocycles. The van der Waals surface area contributed by atoms with E-state index < -0.39 is 0 Å². The molecule has 0 aliphatic rings. The lowest BCUT2D eigenvalue weighted by molar-refractivity contribution is -0.120. The number of rotatable bonds is 6. The van der Waals surface area contributed by atoms with Gasteiger partial charge in [0.25, 0.3) is 0 Å². The monoisotopic (exact) mass is 268 g/mol. The van der Waals surface area contributed by atoms with Crippen LogP contribution in [0.2, 0.25) is 0 Å². The molecule has 20 heavy (non-hydrogen) atoms. The Morgan fingerprint density at radius 2 is 2.20 bits per heavy atom. The molecule has 2 aromatic rings. The van der Waals surface area contributed by atoms with Gasteiger partial charge in [-0.15, -0.1) is 6.42 Å². The third-order valence-corrected chi connectivity index (χ3v) is 2.73.